The molecule has 1 atom stereocenters. The van der Waals surface area contributed by atoms with Gasteiger partial charge >= 0.3 is 5.97 Å². The Hall–Kier alpha value is -3.21. The molecule has 136 valence electrons. The van der Waals surface area contributed by atoms with E-state index in [4.69, 9.17) is 5.11 Å². The number of hydrogen-bond donors (Lipinski definition) is 1. The number of rotatable bonds is 3. The molecule has 0 saturated carbocycles. The molecule has 0 aromatic heterocycles. The summed E-state index contributed by atoms with van der Waals surface area (Å²) in [4.78, 5) is 38.5. The number of allylic oxidation sites excluding steroid dienone is 2. The molecular weight excluding hydrogens is 342 g/mol. The largest absolute Gasteiger partial charge is 0.478 e. The molecule has 5 nitrogen and oxygen atoms in total. The number of carboxylic acid groups (broad SMARTS) is 1. The highest BCUT2D eigenvalue weighted by atomic mass is 16.4. The van der Waals surface area contributed by atoms with E-state index in [2.05, 4.69) is 0 Å². The molecule has 27 heavy (non-hydrogen) atoms. The Labute approximate surface area is 156 Å². The maximum Gasteiger partial charge on any atom is 0.335 e. The zero-order valence-electron chi connectivity index (χ0n) is 14.7. The van der Waals surface area contributed by atoms with Gasteiger partial charge in [0.05, 0.1) is 5.56 Å². The zero-order chi connectivity index (χ0) is 19.0. The molecule has 1 aliphatic heterocycles. The van der Waals surface area contributed by atoms with Gasteiger partial charge in [0.2, 0.25) is 5.91 Å². The second-order valence-corrected chi connectivity index (χ2v) is 6.89. The fourth-order valence-electron chi connectivity index (χ4n) is 4.02. The van der Waals surface area contributed by atoms with E-state index in [0.717, 1.165) is 23.3 Å². The lowest BCUT2D eigenvalue weighted by Gasteiger charge is -2.38. The van der Waals surface area contributed by atoms with Crippen LogP contribution in [0.2, 0.25) is 0 Å². The Morgan fingerprint density at radius 2 is 1.67 bits per heavy atom. The van der Waals surface area contributed by atoms with Crippen molar-refractivity contribution in [3.05, 3.63) is 77.0 Å². The Morgan fingerprint density at radius 3 is 2.33 bits per heavy atom. The first kappa shape index (κ1) is 17.2. The first-order valence-electron chi connectivity index (χ1n) is 9.04. The summed E-state index contributed by atoms with van der Waals surface area (Å²) in [6.45, 7) is 0. The summed E-state index contributed by atoms with van der Waals surface area (Å²) in [5.74, 6) is -1.19. The highest BCUT2D eigenvalue weighted by Gasteiger charge is 2.39. The molecule has 1 amide bonds. The van der Waals surface area contributed by atoms with Crippen LogP contribution in [0.25, 0.3) is 0 Å². The Balaban J connectivity index is 1.81. The van der Waals surface area contributed by atoms with Crippen LogP contribution in [0.4, 0.5) is 5.69 Å². The number of carboxylic acids is 1. The van der Waals surface area contributed by atoms with Crippen molar-refractivity contribution in [1.29, 1.82) is 0 Å². The van der Waals surface area contributed by atoms with E-state index in [1.807, 2.05) is 30.3 Å². The van der Waals surface area contributed by atoms with Gasteiger partial charge in [-0.2, -0.15) is 0 Å². The van der Waals surface area contributed by atoms with Crippen molar-refractivity contribution >= 4 is 23.3 Å². The quantitative estimate of drug-likeness (QED) is 0.899. The van der Waals surface area contributed by atoms with Gasteiger partial charge in [0.15, 0.2) is 5.78 Å². The van der Waals surface area contributed by atoms with E-state index in [9.17, 15) is 14.4 Å². The van der Waals surface area contributed by atoms with Crippen LogP contribution in [0.5, 0.6) is 0 Å². The third-order valence-electron chi connectivity index (χ3n) is 5.25. The number of aromatic carboxylic acids is 1. The molecule has 1 heterocycles. The number of hydrogen-bond acceptors (Lipinski definition) is 3. The molecule has 0 bridgehead atoms. The van der Waals surface area contributed by atoms with Gasteiger partial charge in [-0.1, -0.05) is 30.3 Å². The van der Waals surface area contributed by atoms with Crippen molar-refractivity contribution in [2.24, 2.45) is 0 Å². The van der Waals surface area contributed by atoms with Crippen LogP contribution in [-0.2, 0) is 9.59 Å². The van der Waals surface area contributed by atoms with E-state index >= 15 is 0 Å². The molecule has 1 aliphatic carbocycles. The van der Waals surface area contributed by atoms with Crippen molar-refractivity contribution in [3.63, 3.8) is 0 Å². The molecular formula is C22H19NO4. The number of carbonyl (C=O) groups is 3. The number of anilines is 1. The summed E-state index contributed by atoms with van der Waals surface area (Å²) in [7, 11) is 0. The lowest BCUT2D eigenvalue weighted by atomic mass is 9.77. The average Bonchev–Trinajstić information content (AvgIpc) is 2.68. The molecule has 1 unspecified atom stereocenters. The van der Waals surface area contributed by atoms with Crippen molar-refractivity contribution in [2.45, 2.75) is 31.6 Å². The predicted octanol–water partition coefficient (Wildman–Crippen LogP) is 3.91. The number of benzene rings is 2. The Morgan fingerprint density at radius 1 is 0.963 bits per heavy atom. The number of ketones is 1. The molecule has 0 spiro atoms. The summed E-state index contributed by atoms with van der Waals surface area (Å²) in [5, 5.41) is 9.09. The summed E-state index contributed by atoms with van der Waals surface area (Å²) in [5.41, 5.74) is 3.25. The monoisotopic (exact) mass is 361 g/mol. The zero-order valence-corrected chi connectivity index (χ0v) is 14.7. The minimum atomic E-state index is -1.01. The van der Waals surface area contributed by atoms with Gasteiger partial charge in [0.1, 0.15) is 0 Å². The first-order valence-corrected chi connectivity index (χ1v) is 9.04. The van der Waals surface area contributed by atoms with Crippen molar-refractivity contribution < 1.29 is 19.5 Å². The average molecular weight is 361 g/mol. The minimum absolute atomic E-state index is 0.0691. The van der Waals surface area contributed by atoms with Crippen LogP contribution in [0.3, 0.4) is 0 Å². The summed E-state index contributed by atoms with van der Waals surface area (Å²) in [6, 6.07) is 15.9. The maximum atomic E-state index is 13.0. The van der Waals surface area contributed by atoms with Crippen molar-refractivity contribution in [1.82, 2.24) is 0 Å². The number of nitrogens with zero attached hydrogens (tertiary/aromatic N) is 1. The fraction of sp³-hybridized carbons (Fsp3) is 0.227. The van der Waals surface area contributed by atoms with E-state index in [-0.39, 0.29) is 29.6 Å². The van der Waals surface area contributed by atoms with Crippen LogP contribution in [0, 0.1) is 0 Å². The normalized spacial score (nSPS) is 19.9. The number of carbonyl (C=O) groups excluding carboxylic acids is 2. The first-order chi connectivity index (χ1) is 13.1. The highest BCUT2D eigenvalue weighted by Crippen LogP contribution is 2.43. The van der Waals surface area contributed by atoms with Gasteiger partial charge in [0.25, 0.3) is 0 Å². The Kier molecular flexibility index (Phi) is 4.36. The van der Waals surface area contributed by atoms with Gasteiger partial charge in [-0.25, -0.2) is 4.79 Å². The van der Waals surface area contributed by atoms with Gasteiger partial charge in [-0.3, -0.25) is 14.5 Å². The molecule has 2 aromatic rings. The second-order valence-electron chi connectivity index (χ2n) is 6.89. The lowest BCUT2D eigenvalue weighted by Crippen LogP contribution is -2.40. The topological polar surface area (TPSA) is 74.7 Å². The van der Waals surface area contributed by atoms with E-state index < -0.39 is 5.97 Å². The molecule has 0 radical (unpaired) electrons. The summed E-state index contributed by atoms with van der Waals surface area (Å²) in [6.07, 6.45) is 2.12. The second kappa shape index (κ2) is 6.83. The molecule has 0 saturated heterocycles. The van der Waals surface area contributed by atoms with Crippen molar-refractivity contribution in [3.8, 4) is 0 Å². The molecule has 1 N–H and O–H groups in total. The summed E-state index contributed by atoms with van der Waals surface area (Å²) < 4.78 is 0. The van der Waals surface area contributed by atoms with Crippen LogP contribution in [0.15, 0.2) is 65.9 Å². The molecule has 0 fully saturated rings. The summed E-state index contributed by atoms with van der Waals surface area (Å²) >= 11 is 0. The molecule has 5 heteroatoms. The van der Waals surface area contributed by atoms with Crippen molar-refractivity contribution in [2.75, 3.05) is 4.90 Å². The van der Waals surface area contributed by atoms with E-state index in [0.29, 0.717) is 18.5 Å². The minimum Gasteiger partial charge on any atom is -0.478 e. The molecule has 2 aromatic carbocycles. The third-order valence-corrected chi connectivity index (χ3v) is 5.25. The van der Waals surface area contributed by atoms with E-state index in [1.165, 1.54) is 12.1 Å². The predicted molar refractivity (Wildman–Crippen MR) is 101 cm³/mol. The van der Waals surface area contributed by atoms with Crippen LogP contribution >= 0.6 is 0 Å². The van der Waals surface area contributed by atoms with Gasteiger partial charge in [-0.15, -0.1) is 0 Å². The van der Waals surface area contributed by atoms with Gasteiger partial charge in [0, 0.05) is 35.7 Å². The van der Waals surface area contributed by atoms with E-state index in [1.54, 1.807) is 17.0 Å². The smallest absolute Gasteiger partial charge is 0.335 e. The standard InChI is InChI=1S/C22H19NO4/c24-19-8-4-7-18-21(19)17(14-5-2-1-3-6-14)13-20(25)23(18)16-11-9-15(10-12-16)22(26)27/h1-3,5-6,9-12,17H,4,7-8,13H2,(H,26,27). The van der Waals surface area contributed by atoms with Gasteiger partial charge < -0.3 is 5.11 Å². The van der Waals surface area contributed by atoms with Crippen LogP contribution in [0.1, 0.15) is 47.5 Å². The highest BCUT2D eigenvalue weighted by molar-refractivity contribution is 6.07. The maximum absolute atomic E-state index is 13.0. The molecule has 4 rings (SSSR count). The third kappa shape index (κ3) is 3.05. The number of Topliss-reactive ketones (excluding diaryl/α,β-unsaturated/α-hetero) is 1. The Bertz CT molecular complexity index is 944. The SMILES string of the molecule is O=C1CCCC2=C1C(c1ccccc1)CC(=O)N2c1ccc(C(=O)O)cc1. The van der Waals surface area contributed by atoms with Crippen LogP contribution < -0.4 is 4.90 Å². The number of amides is 1. The lowest BCUT2D eigenvalue weighted by molar-refractivity contribution is -0.119. The van der Waals surface area contributed by atoms with Crippen LogP contribution in [-0.4, -0.2) is 22.8 Å². The molecule has 2 aliphatic rings. The fourth-order valence-corrected chi connectivity index (χ4v) is 4.02. The van der Waals surface area contributed by atoms with Gasteiger partial charge in [-0.05, 0) is 42.7 Å².